The van der Waals surface area contributed by atoms with Crippen LogP contribution in [0.15, 0.2) is 11.3 Å². The van der Waals surface area contributed by atoms with Crippen molar-refractivity contribution in [3.05, 3.63) is 11.3 Å². The molecular weight excluding hydrogens is 184 g/mol. The summed E-state index contributed by atoms with van der Waals surface area (Å²) in [4.78, 5) is 0. The van der Waals surface area contributed by atoms with Crippen LogP contribution in [0, 0.1) is 5.41 Å². The minimum Gasteiger partial charge on any atom is -0.0948 e. The molecule has 0 amide bonds. The molecule has 0 fully saturated rings. The monoisotopic (exact) mass is 212 g/mol. The second-order valence-corrected chi connectivity index (χ2v) is 10.6. The number of allylic oxidation sites excluding steroid dienone is 1. The molecule has 0 spiro atoms. The topological polar surface area (TPSA) is 0 Å². The van der Waals surface area contributed by atoms with Crippen LogP contribution in [0.4, 0.5) is 0 Å². The summed E-state index contributed by atoms with van der Waals surface area (Å²) < 4.78 is 0. The minimum absolute atomic E-state index is 0.359. The summed E-state index contributed by atoms with van der Waals surface area (Å²) in [6.07, 6.45) is 0. The molecular formula is C13H28Si. The fourth-order valence-corrected chi connectivity index (χ4v) is 5.20. The van der Waals surface area contributed by atoms with E-state index in [2.05, 4.69) is 54.2 Å². The Morgan fingerprint density at radius 1 is 1.00 bits per heavy atom. The summed E-state index contributed by atoms with van der Waals surface area (Å²) >= 11 is 0. The van der Waals surface area contributed by atoms with Gasteiger partial charge in [0, 0.05) is 0 Å². The molecule has 14 heavy (non-hydrogen) atoms. The van der Waals surface area contributed by atoms with Gasteiger partial charge in [0.15, 0.2) is 0 Å². The van der Waals surface area contributed by atoms with Crippen molar-refractivity contribution in [3.8, 4) is 0 Å². The molecule has 0 nitrogen and oxygen atoms in total. The van der Waals surface area contributed by atoms with Crippen molar-refractivity contribution in [2.24, 2.45) is 5.41 Å². The number of hydrogen-bond acceptors (Lipinski definition) is 0. The Kier molecular flexibility index (Phi) is 5.14. The van der Waals surface area contributed by atoms with Gasteiger partial charge in [-0.2, -0.15) is 0 Å². The first-order valence-electron chi connectivity index (χ1n) is 6.01. The van der Waals surface area contributed by atoms with Gasteiger partial charge in [0.1, 0.15) is 0 Å². The summed E-state index contributed by atoms with van der Waals surface area (Å²) in [5.74, 6) is 0. The second kappa shape index (κ2) is 5.15. The van der Waals surface area contributed by atoms with Gasteiger partial charge in [0.25, 0.3) is 0 Å². The third kappa shape index (κ3) is 3.60. The number of rotatable bonds is 4. The molecule has 0 aromatic heterocycles. The smallest absolute Gasteiger partial charge is 0.0769 e. The van der Waals surface area contributed by atoms with E-state index in [0.717, 1.165) is 0 Å². The molecule has 0 aliphatic carbocycles. The molecule has 0 atom stereocenters. The Balaban J connectivity index is 4.90. The van der Waals surface area contributed by atoms with Crippen LogP contribution in [-0.4, -0.2) is 8.07 Å². The van der Waals surface area contributed by atoms with Crippen molar-refractivity contribution in [1.29, 1.82) is 0 Å². The largest absolute Gasteiger partial charge is 0.0948 e. The van der Waals surface area contributed by atoms with Gasteiger partial charge in [0.05, 0.1) is 8.07 Å². The molecule has 0 unspecified atom stereocenters. The zero-order valence-electron chi connectivity index (χ0n) is 11.2. The van der Waals surface area contributed by atoms with Crippen LogP contribution >= 0.6 is 0 Å². The Morgan fingerprint density at radius 3 is 1.57 bits per heavy atom. The van der Waals surface area contributed by atoms with Crippen LogP contribution in [0.25, 0.3) is 0 Å². The molecule has 0 rings (SSSR count). The molecule has 0 saturated heterocycles. The van der Waals surface area contributed by atoms with E-state index in [1.165, 1.54) is 18.1 Å². The van der Waals surface area contributed by atoms with Crippen LogP contribution in [0.2, 0.25) is 18.1 Å². The van der Waals surface area contributed by atoms with Crippen molar-refractivity contribution >= 4 is 8.07 Å². The lowest BCUT2D eigenvalue weighted by Crippen LogP contribution is -2.30. The molecule has 0 bridgehead atoms. The first-order valence-corrected chi connectivity index (χ1v) is 8.71. The average molecular weight is 212 g/mol. The lowest BCUT2D eigenvalue weighted by molar-refractivity contribution is 0.504. The van der Waals surface area contributed by atoms with Gasteiger partial charge in [-0.15, -0.1) is 0 Å². The van der Waals surface area contributed by atoms with Crippen molar-refractivity contribution in [3.63, 3.8) is 0 Å². The van der Waals surface area contributed by atoms with Crippen LogP contribution in [0.3, 0.4) is 0 Å². The molecule has 84 valence electrons. The van der Waals surface area contributed by atoms with E-state index in [4.69, 9.17) is 0 Å². The number of hydrogen-bond donors (Lipinski definition) is 0. The van der Waals surface area contributed by atoms with Gasteiger partial charge < -0.3 is 0 Å². The molecule has 0 heterocycles. The van der Waals surface area contributed by atoms with E-state index in [1.54, 1.807) is 5.57 Å². The van der Waals surface area contributed by atoms with E-state index in [9.17, 15) is 0 Å². The van der Waals surface area contributed by atoms with Crippen molar-refractivity contribution in [2.75, 3.05) is 0 Å². The van der Waals surface area contributed by atoms with Crippen LogP contribution in [0.5, 0.6) is 0 Å². The third-order valence-electron chi connectivity index (χ3n) is 3.82. The van der Waals surface area contributed by atoms with E-state index >= 15 is 0 Å². The fourth-order valence-electron chi connectivity index (χ4n) is 1.73. The van der Waals surface area contributed by atoms with Crippen LogP contribution in [0.1, 0.15) is 48.5 Å². The Morgan fingerprint density at radius 2 is 1.36 bits per heavy atom. The van der Waals surface area contributed by atoms with E-state index in [-0.39, 0.29) is 0 Å². The maximum absolute atomic E-state index is 2.66. The predicted octanol–water partition coefficient (Wildman–Crippen LogP) is 5.03. The van der Waals surface area contributed by atoms with Crippen molar-refractivity contribution in [1.82, 2.24) is 0 Å². The molecule has 0 aromatic carbocycles. The van der Waals surface area contributed by atoms with Gasteiger partial charge in [-0.05, 0) is 12.3 Å². The van der Waals surface area contributed by atoms with Crippen LogP contribution < -0.4 is 0 Å². The quantitative estimate of drug-likeness (QED) is 0.574. The van der Waals surface area contributed by atoms with Gasteiger partial charge >= 0.3 is 0 Å². The summed E-state index contributed by atoms with van der Waals surface area (Å²) in [6.45, 7) is 16.4. The fraction of sp³-hybridized carbons (Fsp3) is 0.846. The highest BCUT2D eigenvalue weighted by molar-refractivity contribution is 6.84. The Hall–Kier alpha value is -0.0431. The van der Waals surface area contributed by atoms with E-state index in [1.807, 2.05) is 0 Å². The first-order chi connectivity index (χ1) is 6.31. The molecule has 0 aliphatic rings. The highest BCUT2D eigenvalue weighted by Crippen LogP contribution is 2.30. The maximum atomic E-state index is 2.66. The lowest BCUT2D eigenvalue weighted by atomic mass is 9.89. The lowest BCUT2D eigenvalue weighted by Gasteiger charge is -2.29. The highest BCUT2D eigenvalue weighted by atomic mass is 28.3. The maximum Gasteiger partial charge on any atom is 0.0769 e. The van der Waals surface area contributed by atoms with Gasteiger partial charge in [0.2, 0.25) is 0 Å². The van der Waals surface area contributed by atoms with Crippen molar-refractivity contribution < 1.29 is 0 Å². The van der Waals surface area contributed by atoms with Gasteiger partial charge in [-0.25, -0.2) is 0 Å². The zero-order chi connectivity index (χ0) is 11.4. The molecule has 0 saturated carbocycles. The Bertz CT molecular complexity index is 184. The molecule has 0 aliphatic heterocycles. The SMILES string of the molecule is CC[Si](/C=C(\C)C(C)(C)C)(CC)CC. The summed E-state index contributed by atoms with van der Waals surface area (Å²) in [5, 5.41) is 0. The molecule has 0 N–H and O–H groups in total. The zero-order valence-corrected chi connectivity index (χ0v) is 12.2. The summed E-state index contributed by atoms with van der Waals surface area (Å²) in [7, 11) is -1.05. The van der Waals surface area contributed by atoms with E-state index < -0.39 is 8.07 Å². The van der Waals surface area contributed by atoms with Gasteiger partial charge in [-0.1, -0.05) is 70.9 Å². The summed E-state index contributed by atoms with van der Waals surface area (Å²) in [5.41, 5.74) is 4.61. The average Bonchev–Trinajstić information content (AvgIpc) is 2.12. The third-order valence-corrected chi connectivity index (χ3v) is 9.09. The normalized spacial score (nSPS) is 14.6. The molecule has 0 aromatic rings. The standard InChI is InChI=1S/C13H28Si/c1-8-14(9-2,10-3)11-12(4)13(5,6)7/h11H,8-10H2,1-7H3/b12-11+. The van der Waals surface area contributed by atoms with Crippen LogP contribution in [-0.2, 0) is 0 Å². The Labute approximate surface area is 91.8 Å². The second-order valence-electron chi connectivity index (χ2n) is 5.50. The highest BCUT2D eigenvalue weighted by Gasteiger charge is 2.26. The minimum atomic E-state index is -1.05. The molecule has 0 radical (unpaired) electrons. The van der Waals surface area contributed by atoms with Gasteiger partial charge in [-0.3, -0.25) is 0 Å². The predicted molar refractivity (Wildman–Crippen MR) is 70.4 cm³/mol. The first kappa shape index (κ1) is 14.0. The molecule has 1 heteroatoms. The summed E-state index contributed by atoms with van der Waals surface area (Å²) in [6, 6.07) is 4.19. The van der Waals surface area contributed by atoms with Crippen molar-refractivity contribution in [2.45, 2.75) is 66.6 Å². The van der Waals surface area contributed by atoms with E-state index in [0.29, 0.717) is 5.41 Å².